The number of hydrogen-bond acceptors (Lipinski definition) is 2. The Bertz CT molecular complexity index is 873. The number of hydrogen-bond donors (Lipinski definition) is 0. The van der Waals surface area contributed by atoms with Crippen molar-refractivity contribution in [3.63, 3.8) is 0 Å². The third kappa shape index (κ3) is 8.93. The number of allylic oxidation sites excluding steroid dienone is 1. The van der Waals surface area contributed by atoms with Gasteiger partial charge in [0.2, 0.25) is 0 Å². The highest BCUT2D eigenvalue weighted by atomic mass is 16.5. The van der Waals surface area contributed by atoms with E-state index in [0.29, 0.717) is 17.3 Å². The molecule has 0 radical (unpaired) electrons. The molecule has 3 fully saturated rings. The van der Waals surface area contributed by atoms with Crippen LogP contribution in [0.5, 0.6) is 0 Å². The maximum Gasteiger partial charge on any atom is 0.306 e. The smallest absolute Gasteiger partial charge is 0.306 e. The average molecular weight is 597 g/mol. The van der Waals surface area contributed by atoms with E-state index in [1.165, 1.54) is 122 Å². The Kier molecular flexibility index (Phi) is 13.6. The van der Waals surface area contributed by atoms with E-state index in [4.69, 9.17) is 4.74 Å². The summed E-state index contributed by atoms with van der Waals surface area (Å²) in [5.74, 6) is 5.34. The van der Waals surface area contributed by atoms with Gasteiger partial charge >= 0.3 is 5.97 Å². The van der Waals surface area contributed by atoms with Gasteiger partial charge in [-0.3, -0.25) is 4.79 Å². The highest BCUT2D eigenvalue weighted by Gasteiger charge is 2.59. The third-order valence-electron chi connectivity index (χ3n) is 13.5. The zero-order chi connectivity index (χ0) is 30.9. The molecule has 248 valence electrons. The largest absolute Gasteiger partial charge is 0.462 e. The first-order valence-corrected chi connectivity index (χ1v) is 19.6. The highest BCUT2D eigenvalue weighted by Crippen LogP contribution is 2.67. The first-order chi connectivity index (χ1) is 20.7. The second kappa shape index (κ2) is 16.7. The van der Waals surface area contributed by atoms with Crippen molar-refractivity contribution in [1.82, 2.24) is 0 Å². The molecule has 0 N–H and O–H groups in total. The lowest BCUT2D eigenvalue weighted by Crippen LogP contribution is -2.51. The Morgan fingerprint density at radius 1 is 0.814 bits per heavy atom. The molecule has 8 atom stereocenters. The molecule has 43 heavy (non-hydrogen) atoms. The molecule has 2 heteroatoms. The van der Waals surface area contributed by atoms with E-state index < -0.39 is 0 Å². The Morgan fingerprint density at radius 3 is 2.16 bits per heavy atom. The van der Waals surface area contributed by atoms with E-state index in [0.717, 1.165) is 54.8 Å². The molecular formula is C41H72O2. The standard InChI is InChI=1S/C41H72O2/c1-7-8-9-10-11-12-13-14-15-16-17-21-39(42)43-34-26-28-40(5)33(30-34)22-23-35-37-25-24-36(32(4)20-18-19-31(2)3)41(37,6)29-27-38(35)40/h22,31-32,34-38H,7-21,23-30H2,1-6H3/t32-,34+,35+,36?,37+,38+,40+,41-/m1/s1. The van der Waals surface area contributed by atoms with E-state index in [9.17, 15) is 4.79 Å². The van der Waals surface area contributed by atoms with Gasteiger partial charge in [0, 0.05) is 12.8 Å². The number of carbonyl (C=O) groups is 1. The van der Waals surface area contributed by atoms with Gasteiger partial charge in [-0.2, -0.15) is 0 Å². The first kappa shape index (κ1) is 35.1. The molecule has 3 saturated carbocycles. The van der Waals surface area contributed by atoms with Crippen molar-refractivity contribution < 1.29 is 9.53 Å². The van der Waals surface area contributed by atoms with Gasteiger partial charge < -0.3 is 4.74 Å². The molecule has 0 heterocycles. The van der Waals surface area contributed by atoms with E-state index in [2.05, 4.69) is 47.6 Å². The molecule has 0 spiro atoms. The predicted octanol–water partition coefficient (Wildman–Crippen LogP) is 12.6. The summed E-state index contributed by atoms with van der Waals surface area (Å²) >= 11 is 0. The lowest BCUT2D eigenvalue weighted by atomic mass is 9.47. The van der Waals surface area contributed by atoms with Gasteiger partial charge in [0.05, 0.1) is 0 Å². The Labute approximate surface area is 268 Å². The lowest BCUT2D eigenvalue weighted by Gasteiger charge is -2.58. The minimum absolute atomic E-state index is 0.0618. The molecule has 2 nitrogen and oxygen atoms in total. The molecule has 0 aliphatic heterocycles. The fourth-order valence-corrected chi connectivity index (χ4v) is 10.9. The number of carbonyl (C=O) groups excluding carboxylic acids is 1. The molecule has 4 aliphatic carbocycles. The molecule has 4 rings (SSSR count). The van der Waals surface area contributed by atoms with Crippen LogP contribution in [0.15, 0.2) is 11.6 Å². The van der Waals surface area contributed by atoms with Gasteiger partial charge in [0.25, 0.3) is 0 Å². The fraction of sp³-hybridized carbons (Fsp3) is 0.927. The SMILES string of the molecule is CCCCCCCCCCCCCC(=O)O[C@H]1CC[C@@]2(C)C(=CC[C@@H]3[C@@H]2CC[C@]2(C)C([C@H](C)CCCC(C)C)CC[C@@H]32)C1. The highest BCUT2D eigenvalue weighted by molar-refractivity contribution is 5.69. The molecule has 0 amide bonds. The number of rotatable bonds is 18. The second-order valence-corrected chi connectivity index (χ2v) is 16.9. The molecular weight excluding hydrogens is 524 g/mol. The summed E-state index contributed by atoms with van der Waals surface area (Å²) in [5, 5.41) is 0. The molecule has 0 aromatic carbocycles. The van der Waals surface area contributed by atoms with Gasteiger partial charge in [-0.25, -0.2) is 0 Å². The van der Waals surface area contributed by atoms with Crippen molar-refractivity contribution in [2.24, 2.45) is 46.3 Å². The van der Waals surface area contributed by atoms with E-state index in [1.54, 1.807) is 5.57 Å². The van der Waals surface area contributed by atoms with Crippen LogP contribution in [0, 0.1) is 46.3 Å². The molecule has 4 aliphatic rings. The van der Waals surface area contributed by atoms with Gasteiger partial charge in [-0.15, -0.1) is 0 Å². The van der Waals surface area contributed by atoms with Crippen LogP contribution in [0.2, 0.25) is 0 Å². The van der Waals surface area contributed by atoms with E-state index in [-0.39, 0.29) is 12.1 Å². The maximum absolute atomic E-state index is 12.7. The molecule has 0 aromatic heterocycles. The Balaban J connectivity index is 1.19. The second-order valence-electron chi connectivity index (χ2n) is 16.9. The van der Waals surface area contributed by atoms with Crippen LogP contribution in [0.1, 0.15) is 189 Å². The molecule has 0 bridgehead atoms. The summed E-state index contributed by atoms with van der Waals surface area (Å²) in [7, 11) is 0. The van der Waals surface area contributed by atoms with Crippen molar-refractivity contribution in [3.05, 3.63) is 11.6 Å². The van der Waals surface area contributed by atoms with Gasteiger partial charge in [0.1, 0.15) is 6.10 Å². The quantitative estimate of drug-likeness (QED) is 0.0893. The van der Waals surface area contributed by atoms with Crippen LogP contribution >= 0.6 is 0 Å². The minimum atomic E-state index is 0.0618. The zero-order valence-corrected chi connectivity index (χ0v) is 29.7. The van der Waals surface area contributed by atoms with Crippen LogP contribution < -0.4 is 0 Å². The molecule has 1 unspecified atom stereocenters. The summed E-state index contributed by atoms with van der Waals surface area (Å²) in [6, 6.07) is 0. The summed E-state index contributed by atoms with van der Waals surface area (Å²) < 4.78 is 6.11. The van der Waals surface area contributed by atoms with Crippen molar-refractivity contribution >= 4 is 5.97 Å². The maximum atomic E-state index is 12.7. The predicted molar refractivity (Wildman–Crippen MR) is 184 cm³/mol. The monoisotopic (exact) mass is 597 g/mol. The normalized spacial score (nSPS) is 34.3. The number of fused-ring (bicyclic) bond motifs is 5. The van der Waals surface area contributed by atoms with Crippen molar-refractivity contribution in [1.29, 1.82) is 0 Å². The van der Waals surface area contributed by atoms with Crippen molar-refractivity contribution in [2.75, 3.05) is 0 Å². The van der Waals surface area contributed by atoms with Crippen LogP contribution in [0.25, 0.3) is 0 Å². The third-order valence-corrected chi connectivity index (χ3v) is 13.5. The zero-order valence-electron chi connectivity index (χ0n) is 29.7. The summed E-state index contributed by atoms with van der Waals surface area (Å²) in [5.41, 5.74) is 2.54. The summed E-state index contributed by atoms with van der Waals surface area (Å²) in [4.78, 5) is 12.7. The number of esters is 1. The van der Waals surface area contributed by atoms with Crippen LogP contribution in [0.3, 0.4) is 0 Å². The number of ether oxygens (including phenoxy) is 1. The fourth-order valence-electron chi connectivity index (χ4n) is 10.9. The summed E-state index contributed by atoms with van der Waals surface area (Å²) in [6.07, 6.45) is 32.5. The van der Waals surface area contributed by atoms with E-state index in [1.807, 2.05) is 0 Å². The molecule has 0 saturated heterocycles. The van der Waals surface area contributed by atoms with Gasteiger partial charge in [0.15, 0.2) is 0 Å². The van der Waals surface area contributed by atoms with Gasteiger partial charge in [-0.05, 0) is 97.7 Å². The summed E-state index contributed by atoms with van der Waals surface area (Å²) in [6.45, 7) is 14.9. The minimum Gasteiger partial charge on any atom is -0.462 e. The number of unbranched alkanes of at least 4 members (excludes halogenated alkanes) is 10. The topological polar surface area (TPSA) is 26.3 Å². The first-order valence-electron chi connectivity index (χ1n) is 19.6. The van der Waals surface area contributed by atoms with Crippen LogP contribution in [-0.4, -0.2) is 12.1 Å². The van der Waals surface area contributed by atoms with E-state index >= 15 is 0 Å². The van der Waals surface area contributed by atoms with Gasteiger partial charge in [-0.1, -0.05) is 137 Å². The van der Waals surface area contributed by atoms with Crippen LogP contribution in [0.4, 0.5) is 0 Å². The average Bonchev–Trinajstić information content (AvgIpc) is 3.33. The Hall–Kier alpha value is -0.790. The lowest BCUT2D eigenvalue weighted by molar-refractivity contribution is -0.151. The van der Waals surface area contributed by atoms with Crippen molar-refractivity contribution in [3.8, 4) is 0 Å². The Morgan fingerprint density at radius 2 is 1.49 bits per heavy atom. The van der Waals surface area contributed by atoms with Crippen LogP contribution in [-0.2, 0) is 9.53 Å². The van der Waals surface area contributed by atoms with Crippen molar-refractivity contribution in [2.45, 2.75) is 195 Å². The molecule has 0 aromatic rings.